The molecule has 1 aromatic heterocycles. The van der Waals surface area contributed by atoms with Gasteiger partial charge >= 0.3 is 5.97 Å². The summed E-state index contributed by atoms with van der Waals surface area (Å²) in [4.78, 5) is 10.9. The van der Waals surface area contributed by atoms with E-state index in [2.05, 4.69) is 20.7 Å². The molecule has 2 N–H and O–H groups in total. The van der Waals surface area contributed by atoms with Gasteiger partial charge in [-0.25, -0.2) is 0 Å². The molecule has 1 atom stereocenters. The Kier molecular flexibility index (Phi) is 4.35. The summed E-state index contributed by atoms with van der Waals surface area (Å²) in [6, 6.07) is 1.59. The van der Waals surface area contributed by atoms with Crippen LogP contribution >= 0.6 is 15.9 Å². The first-order valence-corrected chi connectivity index (χ1v) is 5.42. The van der Waals surface area contributed by atoms with Crippen molar-refractivity contribution in [3.05, 3.63) is 22.1 Å². The highest BCUT2D eigenvalue weighted by atomic mass is 79.9. The van der Waals surface area contributed by atoms with Crippen LogP contribution in [0, 0.1) is 6.92 Å². The minimum absolute atomic E-state index is 0.256. The fraction of sp³-hybridized carbons (Fsp3) is 0.500. The number of esters is 1. The summed E-state index contributed by atoms with van der Waals surface area (Å²) in [6.07, 6.45) is 0.822. The number of ether oxygens (including phenoxy) is 1. The Hall–Kier alpha value is -0.810. The SMILES string of the molecule is COC(=O)CCC(N)c1oc(Br)cc1C. The first kappa shape index (κ1) is 12.3. The summed E-state index contributed by atoms with van der Waals surface area (Å²) >= 11 is 3.23. The Morgan fingerprint density at radius 1 is 1.73 bits per heavy atom. The maximum Gasteiger partial charge on any atom is 0.305 e. The van der Waals surface area contributed by atoms with Gasteiger partial charge in [0.2, 0.25) is 0 Å². The van der Waals surface area contributed by atoms with Gasteiger partial charge in [-0.15, -0.1) is 0 Å². The van der Waals surface area contributed by atoms with Crippen LogP contribution in [0.4, 0.5) is 0 Å². The molecule has 0 fully saturated rings. The standard InChI is InChI=1S/C10H14BrNO3/c1-6-5-8(11)15-10(6)7(12)3-4-9(13)14-2/h5,7H,3-4,12H2,1-2H3. The predicted molar refractivity (Wildman–Crippen MR) is 59.3 cm³/mol. The molecule has 5 heteroatoms. The molecule has 1 rings (SSSR count). The van der Waals surface area contributed by atoms with Crippen LogP contribution in [0.1, 0.15) is 30.2 Å². The van der Waals surface area contributed by atoms with E-state index in [-0.39, 0.29) is 12.0 Å². The lowest BCUT2D eigenvalue weighted by Gasteiger charge is -2.08. The van der Waals surface area contributed by atoms with Crippen LogP contribution in [-0.2, 0) is 9.53 Å². The topological polar surface area (TPSA) is 65.5 Å². The quantitative estimate of drug-likeness (QED) is 0.857. The van der Waals surface area contributed by atoms with E-state index in [0.29, 0.717) is 23.3 Å². The fourth-order valence-electron chi connectivity index (χ4n) is 1.33. The van der Waals surface area contributed by atoms with E-state index in [9.17, 15) is 4.79 Å². The van der Waals surface area contributed by atoms with Crippen LogP contribution in [0.5, 0.6) is 0 Å². The third-order valence-corrected chi connectivity index (χ3v) is 2.54. The van der Waals surface area contributed by atoms with Crippen molar-refractivity contribution in [2.24, 2.45) is 5.73 Å². The van der Waals surface area contributed by atoms with Crippen molar-refractivity contribution in [1.29, 1.82) is 0 Å². The smallest absolute Gasteiger partial charge is 0.305 e. The number of methoxy groups -OCH3 is 1. The van der Waals surface area contributed by atoms with Crippen LogP contribution < -0.4 is 5.73 Å². The van der Waals surface area contributed by atoms with Crippen molar-refractivity contribution in [3.8, 4) is 0 Å². The minimum Gasteiger partial charge on any atom is -0.469 e. The van der Waals surface area contributed by atoms with Gasteiger partial charge in [-0.1, -0.05) is 0 Å². The molecule has 1 unspecified atom stereocenters. The zero-order chi connectivity index (χ0) is 11.4. The molecule has 1 aromatic rings. The van der Waals surface area contributed by atoms with Crippen LogP contribution in [0.3, 0.4) is 0 Å². The third kappa shape index (κ3) is 3.35. The maximum atomic E-state index is 10.9. The Labute approximate surface area is 96.9 Å². The fourth-order valence-corrected chi connectivity index (χ4v) is 1.85. The zero-order valence-electron chi connectivity index (χ0n) is 8.75. The van der Waals surface area contributed by atoms with E-state index >= 15 is 0 Å². The minimum atomic E-state index is -0.268. The van der Waals surface area contributed by atoms with Crippen LogP contribution in [0.25, 0.3) is 0 Å². The molecule has 0 radical (unpaired) electrons. The Morgan fingerprint density at radius 2 is 2.40 bits per heavy atom. The molecule has 0 amide bonds. The van der Waals surface area contributed by atoms with Crippen LogP contribution in [0.15, 0.2) is 15.2 Å². The summed E-state index contributed by atoms with van der Waals surface area (Å²) < 4.78 is 10.6. The number of hydrogen-bond donors (Lipinski definition) is 1. The molecule has 0 aliphatic carbocycles. The number of hydrogen-bond acceptors (Lipinski definition) is 4. The van der Waals surface area contributed by atoms with Gasteiger partial charge in [0.15, 0.2) is 4.67 Å². The van der Waals surface area contributed by atoms with Gasteiger partial charge in [0.05, 0.1) is 13.2 Å². The predicted octanol–water partition coefficient (Wildman–Crippen LogP) is 2.30. The van der Waals surface area contributed by atoms with Gasteiger partial charge in [-0.05, 0) is 40.9 Å². The summed E-state index contributed by atoms with van der Waals surface area (Å²) in [7, 11) is 1.36. The molecular weight excluding hydrogens is 262 g/mol. The van der Waals surface area contributed by atoms with Gasteiger partial charge in [0, 0.05) is 6.42 Å². The molecule has 0 saturated heterocycles. The molecule has 0 aliphatic rings. The molecule has 0 spiro atoms. The Balaban J connectivity index is 2.57. The van der Waals surface area contributed by atoms with Gasteiger partial charge in [-0.3, -0.25) is 4.79 Å². The van der Waals surface area contributed by atoms with E-state index in [1.54, 1.807) is 0 Å². The highest BCUT2D eigenvalue weighted by Gasteiger charge is 2.15. The Bertz CT molecular complexity index is 348. The highest BCUT2D eigenvalue weighted by molar-refractivity contribution is 9.10. The molecule has 0 aliphatic heterocycles. The average Bonchev–Trinajstić information content (AvgIpc) is 2.53. The zero-order valence-corrected chi connectivity index (χ0v) is 10.3. The number of carbonyl (C=O) groups excluding carboxylic acids is 1. The van der Waals surface area contributed by atoms with Gasteiger partial charge in [-0.2, -0.15) is 0 Å². The largest absolute Gasteiger partial charge is 0.469 e. The molecule has 4 nitrogen and oxygen atoms in total. The highest BCUT2D eigenvalue weighted by Crippen LogP contribution is 2.26. The number of halogens is 1. The summed E-state index contributed by atoms with van der Waals surface area (Å²) in [5.74, 6) is 0.458. The van der Waals surface area contributed by atoms with E-state index < -0.39 is 0 Å². The maximum absolute atomic E-state index is 10.9. The number of nitrogens with two attached hydrogens (primary N) is 1. The second kappa shape index (κ2) is 5.32. The van der Waals surface area contributed by atoms with Gasteiger partial charge < -0.3 is 14.9 Å². The molecule has 0 saturated carbocycles. The lowest BCUT2D eigenvalue weighted by atomic mass is 10.1. The lowest BCUT2D eigenvalue weighted by Crippen LogP contribution is -2.13. The van der Waals surface area contributed by atoms with Crippen LogP contribution in [0.2, 0.25) is 0 Å². The first-order chi connectivity index (χ1) is 7.04. The van der Waals surface area contributed by atoms with E-state index in [1.807, 2.05) is 13.0 Å². The first-order valence-electron chi connectivity index (χ1n) is 4.62. The normalized spacial score (nSPS) is 12.5. The average molecular weight is 276 g/mol. The third-order valence-electron chi connectivity index (χ3n) is 2.15. The number of aryl methyl sites for hydroxylation is 1. The monoisotopic (exact) mass is 275 g/mol. The number of carbonyl (C=O) groups is 1. The molecule has 0 bridgehead atoms. The summed E-state index contributed by atoms with van der Waals surface area (Å²) in [6.45, 7) is 1.92. The van der Waals surface area contributed by atoms with Crippen molar-refractivity contribution in [3.63, 3.8) is 0 Å². The van der Waals surface area contributed by atoms with Gasteiger partial charge in [0.25, 0.3) is 0 Å². The van der Waals surface area contributed by atoms with E-state index in [0.717, 1.165) is 5.56 Å². The lowest BCUT2D eigenvalue weighted by molar-refractivity contribution is -0.140. The summed E-state index contributed by atoms with van der Waals surface area (Å²) in [5.41, 5.74) is 6.88. The second-order valence-electron chi connectivity index (χ2n) is 3.32. The van der Waals surface area contributed by atoms with Crippen molar-refractivity contribution in [2.45, 2.75) is 25.8 Å². The van der Waals surface area contributed by atoms with Crippen molar-refractivity contribution >= 4 is 21.9 Å². The van der Waals surface area contributed by atoms with Crippen LogP contribution in [-0.4, -0.2) is 13.1 Å². The Morgan fingerprint density at radius 3 is 2.87 bits per heavy atom. The van der Waals surface area contributed by atoms with E-state index in [1.165, 1.54) is 7.11 Å². The summed E-state index contributed by atoms with van der Waals surface area (Å²) in [5, 5.41) is 0. The molecular formula is C10H14BrNO3. The van der Waals surface area contributed by atoms with Crippen molar-refractivity contribution in [1.82, 2.24) is 0 Å². The van der Waals surface area contributed by atoms with Crippen molar-refractivity contribution in [2.75, 3.05) is 7.11 Å². The number of furan rings is 1. The second-order valence-corrected chi connectivity index (χ2v) is 4.10. The molecule has 84 valence electrons. The molecule has 15 heavy (non-hydrogen) atoms. The van der Waals surface area contributed by atoms with Crippen molar-refractivity contribution < 1.29 is 13.9 Å². The number of rotatable bonds is 4. The van der Waals surface area contributed by atoms with Gasteiger partial charge in [0.1, 0.15) is 5.76 Å². The van der Waals surface area contributed by atoms with E-state index in [4.69, 9.17) is 10.2 Å². The molecule has 0 aromatic carbocycles. The molecule has 1 heterocycles.